The van der Waals surface area contributed by atoms with Crippen LogP contribution < -0.4 is 4.74 Å². The average molecular weight is 285 g/mol. The Balaban J connectivity index is 0.00000180. The second kappa shape index (κ2) is 7.16. The van der Waals surface area contributed by atoms with Gasteiger partial charge in [-0.15, -0.1) is 12.4 Å². The molecule has 0 spiro atoms. The molecular weight excluding hydrogens is 260 g/mol. The first-order valence-corrected chi connectivity index (χ1v) is 7.11. The van der Waals surface area contributed by atoms with E-state index in [1.165, 1.54) is 12.0 Å². The van der Waals surface area contributed by atoms with Crippen molar-refractivity contribution in [1.82, 2.24) is 0 Å². The van der Waals surface area contributed by atoms with Crippen molar-refractivity contribution < 1.29 is 9.84 Å². The van der Waals surface area contributed by atoms with E-state index in [4.69, 9.17) is 4.74 Å². The van der Waals surface area contributed by atoms with E-state index in [-0.39, 0.29) is 18.3 Å². The number of ether oxygens (including phenoxy) is 1. The molecule has 1 aromatic rings. The Morgan fingerprint density at radius 2 is 1.95 bits per heavy atom. The van der Waals surface area contributed by atoms with Crippen LogP contribution in [0, 0.1) is 0 Å². The fraction of sp³-hybridized carbons (Fsp3) is 0.625. The van der Waals surface area contributed by atoms with E-state index in [1.807, 2.05) is 19.1 Å². The molecule has 0 bridgehead atoms. The molecule has 0 radical (unpaired) electrons. The van der Waals surface area contributed by atoms with Crippen LogP contribution in [0.2, 0.25) is 0 Å². The zero-order valence-electron chi connectivity index (χ0n) is 11.9. The van der Waals surface area contributed by atoms with Crippen molar-refractivity contribution in [3.05, 3.63) is 29.8 Å². The number of rotatable bonds is 4. The van der Waals surface area contributed by atoms with Gasteiger partial charge in [0, 0.05) is 5.92 Å². The summed E-state index contributed by atoms with van der Waals surface area (Å²) in [5.74, 6) is 1.08. The molecule has 1 fully saturated rings. The molecule has 2 nitrogen and oxygen atoms in total. The van der Waals surface area contributed by atoms with Crippen LogP contribution in [0.3, 0.4) is 0 Å². The van der Waals surface area contributed by atoms with Gasteiger partial charge in [-0.3, -0.25) is 0 Å². The molecule has 0 aromatic heterocycles. The third-order valence-electron chi connectivity index (χ3n) is 4.19. The van der Waals surface area contributed by atoms with Gasteiger partial charge in [0.05, 0.1) is 12.2 Å². The van der Waals surface area contributed by atoms with E-state index >= 15 is 0 Å². The van der Waals surface area contributed by atoms with Crippen LogP contribution in [0.4, 0.5) is 0 Å². The lowest BCUT2D eigenvalue weighted by atomic mass is 9.74. The predicted octanol–water partition coefficient (Wildman–Crippen LogP) is 4.31. The van der Waals surface area contributed by atoms with E-state index < -0.39 is 5.60 Å². The van der Waals surface area contributed by atoms with E-state index in [1.54, 1.807) is 0 Å². The SMILES string of the molecule is CCOc1cccc(C(C)C2(O)CCCCC2)c1.Cl. The predicted molar refractivity (Wildman–Crippen MR) is 81.3 cm³/mol. The van der Waals surface area contributed by atoms with Crippen LogP contribution >= 0.6 is 12.4 Å². The van der Waals surface area contributed by atoms with Gasteiger partial charge in [0.25, 0.3) is 0 Å². The van der Waals surface area contributed by atoms with Crippen LogP contribution in [-0.2, 0) is 0 Å². The highest BCUT2D eigenvalue weighted by Crippen LogP contribution is 2.40. The molecule has 0 aliphatic heterocycles. The first-order valence-electron chi connectivity index (χ1n) is 7.11. The van der Waals surface area contributed by atoms with Crippen LogP contribution in [0.5, 0.6) is 5.75 Å². The van der Waals surface area contributed by atoms with Gasteiger partial charge in [-0.2, -0.15) is 0 Å². The Labute approximate surface area is 122 Å². The Bertz CT molecular complexity index is 386. The minimum Gasteiger partial charge on any atom is -0.494 e. The molecule has 1 saturated carbocycles. The van der Waals surface area contributed by atoms with Crippen LogP contribution in [0.1, 0.15) is 57.4 Å². The largest absolute Gasteiger partial charge is 0.494 e. The van der Waals surface area contributed by atoms with Crippen LogP contribution in [0.25, 0.3) is 0 Å². The van der Waals surface area contributed by atoms with Gasteiger partial charge in [-0.1, -0.05) is 38.3 Å². The van der Waals surface area contributed by atoms with Crippen molar-refractivity contribution in [2.24, 2.45) is 0 Å². The van der Waals surface area contributed by atoms with Gasteiger partial charge in [0.2, 0.25) is 0 Å². The lowest BCUT2D eigenvalue weighted by Crippen LogP contribution is -2.37. The van der Waals surface area contributed by atoms with Gasteiger partial charge in [0.15, 0.2) is 0 Å². The second-order valence-corrected chi connectivity index (χ2v) is 5.39. The molecule has 19 heavy (non-hydrogen) atoms. The number of aliphatic hydroxyl groups is 1. The molecule has 2 rings (SSSR count). The van der Waals surface area contributed by atoms with Gasteiger partial charge >= 0.3 is 0 Å². The summed E-state index contributed by atoms with van der Waals surface area (Å²) in [5, 5.41) is 10.8. The zero-order chi connectivity index (χ0) is 13.0. The summed E-state index contributed by atoms with van der Waals surface area (Å²) in [4.78, 5) is 0. The molecule has 1 aliphatic rings. The number of benzene rings is 1. The van der Waals surface area contributed by atoms with Crippen molar-refractivity contribution in [1.29, 1.82) is 0 Å². The lowest BCUT2D eigenvalue weighted by molar-refractivity contribution is -0.0169. The molecule has 3 heteroatoms. The molecule has 0 saturated heterocycles. The van der Waals surface area contributed by atoms with Crippen LogP contribution in [-0.4, -0.2) is 17.3 Å². The fourth-order valence-corrected chi connectivity index (χ4v) is 2.95. The molecule has 1 aliphatic carbocycles. The molecule has 0 heterocycles. The third-order valence-corrected chi connectivity index (χ3v) is 4.19. The number of hydrogen-bond donors (Lipinski definition) is 1. The van der Waals surface area contributed by atoms with Crippen molar-refractivity contribution in [2.45, 2.75) is 57.5 Å². The van der Waals surface area contributed by atoms with Crippen molar-refractivity contribution in [3.63, 3.8) is 0 Å². The van der Waals surface area contributed by atoms with Crippen LogP contribution in [0.15, 0.2) is 24.3 Å². The summed E-state index contributed by atoms with van der Waals surface area (Å²) in [5.41, 5.74) is 0.661. The Hall–Kier alpha value is -0.730. The minimum atomic E-state index is -0.525. The van der Waals surface area contributed by atoms with E-state index in [0.717, 1.165) is 31.4 Å². The maximum atomic E-state index is 10.8. The topological polar surface area (TPSA) is 29.5 Å². The Morgan fingerprint density at radius 3 is 2.58 bits per heavy atom. The normalized spacial score (nSPS) is 19.3. The van der Waals surface area contributed by atoms with Crippen molar-refractivity contribution >= 4 is 12.4 Å². The maximum absolute atomic E-state index is 10.8. The summed E-state index contributed by atoms with van der Waals surface area (Å²) in [6.07, 6.45) is 5.39. The molecule has 1 atom stereocenters. The molecule has 0 amide bonds. The maximum Gasteiger partial charge on any atom is 0.119 e. The summed E-state index contributed by atoms with van der Waals surface area (Å²) in [6.45, 7) is 4.81. The second-order valence-electron chi connectivity index (χ2n) is 5.39. The summed E-state index contributed by atoms with van der Waals surface area (Å²) in [6, 6.07) is 8.16. The van der Waals surface area contributed by atoms with Gasteiger partial charge < -0.3 is 9.84 Å². The summed E-state index contributed by atoms with van der Waals surface area (Å²) in [7, 11) is 0. The van der Waals surface area contributed by atoms with Gasteiger partial charge in [0.1, 0.15) is 5.75 Å². The average Bonchev–Trinajstić information content (AvgIpc) is 2.39. The van der Waals surface area contributed by atoms with Gasteiger partial charge in [-0.25, -0.2) is 0 Å². The first kappa shape index (κ1) is 16.3. The van der Waals surface area contributed by atoms with E-state index in [0.29, 0.717) is 6.61 Å². The standard InChI is InChI=1S/C16H24O2.ClH/c1-3-18-15-9-7-8-14(12-15)13(2)16(17)10-5-4-6-11-16;/h7-9,12-13,17H,3-6,10-11H2,1-2H3;1H. The molecule has 1 unspecified atom stereocenters. The summed E-state index contributed by atoms with van der Waals surface area (Å²) >= 11 is 0. The molecule has 1 aromatic carbocycles. The lowest BCUT2D eigenvalue weighted by Gasteiger charge is -2.37. The molecular formula is C16H25ClO2. The number of hydrogen-bond acceptors (Lipinski definition) is 2. The first-order chi connectivity index (χ1) is 8.65. The van der Waals surface area contributed by atoms with E-state index in [9.17, 15) is 5.11 Å². The highest BCUT2D eigenvalue weighted by atomic mass is 35.5. The quantitative estimate of drug-likeness (QED) is 0.893. The fourth-order valence-electron chi connectivity index (χ4n) is 2.95. The highest BCUT2D eigenvalue weighted by Gasteiger charge is 2.35. The smallest absolute Gasteiger partial charge is 0.119 e. The Morgan fingerprint density at radius 1 is 1.26 bits per heavy atom. The van der Waals surface area contributed by atoms with Crippen molar-refractivity contribution in [3.8, 4) is 5.75 Å². The third kappa shape index (κ3) is 3.87. The van der Waals surface area contributed by atoms with Gasteiger partial charge in [-0.05, 0) is 37.5 Å². The zero-order valence-corrected chi connectivity index (χ0v) is 12.7. The minimum absolute atomic E-state index is 0. The molecule has 108 valence electrons. The monoisotopic (exact) mass is 284 g/mol. The van der Waals surface area contributed by atoms with Crippen molar-refractivity contribution in [2.75, 3.05) is 6.61 Å². The Kier molecular flexibility index (Phi) is 6.15. The summed E-state index contributed by atoms with van der Waals surface area (Å²) < 4.78 is 5.54. The highest BCUT2D eigenvalue weighted by molar-refractivity contribution is 5.85. The van der Waals surface area contributed by atoms with E-state index in [2.05, 4.69) is 19.1 Å². The number of halogens is 1. The molecule has 1 N–H and O–H groups in total.